The first-order valence-corrected chi connectivity index (χ1v) is 30.1. The van der Waals surface area contributed by atoms with Crippen molar-refractivity contribution in [3.05, 3.63) is 348 Å². The molecule has 0 bridgehead atoms. The molecule has 3 aliphatic carbocycles. The van der Waals surface area contributed by atoms with Crippen molar-refractivity contribution in [2.45, 2.75) is 38.5 Å². The number of anilines is 6. The van der Waals surface area contributed by atoms with E-state index >= 15 is 0 Å². The lowest BCUT2D eigenvalue weighted by molar-refractivity contribution is 0.660. The third-order valence-corrected chi connectivity index (χ3v) is 18.9. The van der Waals surface area contributed by atoms with E-state index in [1.807, 2.05) is 0 Å². The van der Waals surface area contributed by atoms with Gasteiger partial charge in [-0.1, -0.05) is 244 Å². The largest absolute Gasteiger partial charge is 0.310 e. The van der Waals surface area contributed by atoms with Gasteiger partial charge in [-0.3, -0.25) is 0 Å². The quantitative estimate of drug-likeness (QED) is 0.135. The summed E-state index contributed by atoms with van der Waals surface area (Å²) in [6.45, 7) is 9.23. The molecule has 3 aliphatic rings. The maximum atomic E-state index is 2.53. The molecule has 0 amide bonds. The van der Waals surface area contributed by atoms with Crippen LogP contribution in [0.15, 0.2) is 303 Å². The molecule has 408 valence electrons. The van der Waals surface area contributed by atoms with Crippen LogP contribution in [0.3, 0.4) is 0 Å². The van der Waals surface area contributed by atoms with Crippen molar-refractivity contribution in [1.82, 2.24) is 0 Å². The SMILES string of the molecule is Cc1ccccc1-c1ccc(N(c2ccc(-c3ccccc3)cc2)c2cc(-c3ccc4c(c3)C3(c5ccccc5-c5ccccc53)c3ccccc3-4)cc(N(c3ccc(-c4ccccc4)cc3)c3ccc4c(c3)C(C)(C)c3ccccc3-4)c2)cc1C. The minimum absolute atomic E-state index is 0.210. The average Bonchev–Trinajstić information content (AvgIpc) is 1.66. The van der Waals surface area contributed by atoms with Gasteiger partial charge in [-0.2, -0.15) is 0 Å². The molecule has 16 rings (SSSR count). The van der Waals surface area contributed by atoms with Crippen molar-refractivity contribution >= 4 is 34.1 Å². The van der Waals surface area contributed by atoms with Crippen LogP contribution in [0, 0.1) is 13.8 Å². The second-order valence-corrected chi connectivity index (χ2v) is 24.1. The van der Waals surface area contributed by atoms with E-state index in [1.165, 1.54) is 111 Å². The number of rotatable bonds is 10. The van der Waals surface area contributed by atoms with Crippen LogP contribution in [-0.4, -0.2) is 0 Å². The van der Waals surface area contributed by atoms with Crippen molar-refractivity contribution in [2.75, 3.05) is 9.80 Å². The third kappa shape index (κ3) is 8.01. The molecular weight excluding hydrogens is 1040 g/mol. The highest BCUT2D eigenvalue weighted by Crippen LogP contribution is 2.63. The molecule has 0 saturated carbocycles. The summed E-state index contributed by atoms with van der Waals surface area (Å²) in [4.78, 5) is 4.97. The monoisotopic (exact) mass is 1100 g/mol. The van der Waals surface area contributed by atoms with Gasteiger partial charge in [0, 0.05) is 39.5 Å². The summed E-state index contributed by atoms with van der Waals surface area (Å²) < 4.78 is 0. The third-order valence-electron chi connectivity index (χ3n) is 18.9. The maximum Gasteiger partial charge on any atom is 0.0725 e. The summed E-state index contributed by atoms with van der Waals surface area (Å²) >= 11 is 0. The van der Waals surface area contributed by atoms with Gasteiger partial charge in [-0.25, -0.2) is 0 Å². The fraction of sp³-hybridized carbons (Fsp3) is 0.0714. The summed E-state index contributed by atoms with van der Waals surface area (Å²) in [7, 11) is 0. The van der Waals surface area contributed by atoms with E-state index in [4.69, 9.17) is 0 Å². The van der Waals surface area contributed by atoms with Gasteiger partial charge in [0.15, 0.2) is 0 Å². The van der Waals surface area contributed by atoms with Crippen LogP contribution in [-0.2, 0) is 10.8 Å². The zero-order valence-corrected chi connectivity index (χ0v) is 48.8. The Morgan fingerprint density at radius 2 is 0.570 bits per heavy atom. The van der Waals surface area contributed by atoms with Gasteiger partial charge in [0.05, 0.1) is 5.41 Å². The summed E-state index contributed by atoms with van der Waals surface area (Å²) in [6, 6.07) is 114. The first-order chi connectivity index (χ1) is 42.2. The zero-order chi connectivity index (χ0) is 57.7. The average molecular weight is 1100 g/mol. The highest BCUT2D eigenvalue weighted by molar-refractivity contribution is 5.97. The molecule has 2 nitrogen and oxygen atoms in total. The Hall–Kier alpha value is -10.5. The molecule has 86 heavy (non-hydrogen) atoms. The Balaban J connectivity index is 0.959. The van der Waals surface area contributed by atoms with Crippen LogP contribution in [0.4, 0.5) is 34.1 Å². The molecule has 13 aromatic rings. The van der Waals surface area contributed by atoms with E-state index in [9.17, 15) is 0 Å². The molecule has 1 spiro atoms. The molecule has 0 N–H and O–H groups in total. The van der Waals surface area contributed by atoms with Crippen LogP contribution in [0.25, 0.3) is 77.9 Å². The molecule has 0 unspecified atom stereocenters. The number of aryl methyl sites for hydroxylation is 2. The maximum absolute atomic E-state index is 2.53. The Labute approximate surface area is 505 Å². The van der Waals surface area contributed by atoms with Crippen molar-refractivity contribution in [3.63, 3.8) is 0 Å². The Morgan fingerprint density at radius 3 is 1.08 bits per heavy atom. The standard InChI is InChI=1S/C84H62N2/c1-55-21-11-12-26-69(55)70-47-44-65(49-56(70)2)85(63-40-35-59(36-41-63)57-22-7-5-8-23-57)67-50-62(61-39-46-76-74-30-16-20-34-80(74)84(82(76)52-61)78-32-18-14-28-72(78)73-29-15-19-33-79(73)84)51-68(53-67)86(64-42-37-60(38-43-64)58-24-9-6-10-25-58)66-45-48-75-71-27-13-17-31-77(71)83(3,4)81(75)54-66/h5-54H,1-4H3. The molecule has 0 heterocycles. The topological polar surface area (TPSA) is 6.48 Å². The molecule has 0 saturated heterocycles. The van der Waals surface area contributed by atoms with Crippen molar-refractivity contribution in [2.24, 2.45) is 0 Å². The minimum Gasteiger partial charge on any atom is -0.310 e. The number of hydrogen-bond donors (Lipinski definition) is 0. The van der Waals surface area contributed by atoms with Crippen LogP contribution >= 0.6 is 0 Å². The lowest BCUT2D eigenvalue weighted by Crippen LogP contribution is -2.25. The van der Waals surface area contributed by atoms with Gasteiger partial charge in [0.2, 0.25) is 0 Å². The molecule has 0 aromatic heterocycles. The van der Waals surface area contributed by atoms with Crippen molar-refractivity contribution < 1.29 is 0 Å². The number of fused-ring (bicyclic) bond motifs is 13. The molecule has 0 aliphatic heterocycles. The van der Waals surface area contributed by atoms with E-state index in [-0.39, 0.29) is 5.41 Å². The summed E-state index contributed by atoms with van der Waals surface area (Å²) in [6.07, 6.45) is 0. The van der Waals surface area contributed by atoms with Crippen molar-refractivity contribution in [1.29, 1.82) is 0 Å². The summed E-state index contributed by atoms with van der Waals surface area (Å²) in [5.74, 6) is 0. The second kappa shape index (κ2) is 20.1. The van der Waals surface area contributed by atoms with E-state index in [1.54, 1.807) is 0 Å². The van der Waals surface area contributed by atoms with Crippen LogP contribution in [0.5, 0.6) is 0 Å². The molecule has 13 aromatic carbocycles. The second-order valence-electron chi connectivity index (χ2n) is 24.1. The first-order valence-electron chi connectivity index (χ1n) is 30.1. The van der Waals surface area contributed by atoms with Crippen molar-refractivity contribution in [3.8, 4) is 77.9 Å². The van der Waals surface area contributed by atoms with Crippen LogP contribution in [0.1, 0.15) is 58.4 Å². The van der Waals surface area contributed by atoms with Gasteiger partial charge in [0.25, 0.3) is 0 Å². The molecule has 0 fully saturated rings. The minimum atomic E-state index is -0.500. The smallest absolute Gasteiger partial charge is 0.0725 e. The Morgan fingerprint density at radius 1 is 0.209 bits per heavy atom. The van der Waals surface area contributed by atoms with Crippen LogP contribution < -0.4 is 9.80 Å². The van der Waals surface area contributed by atoms with E-state index < -0.39 is 5.41 Å². The lowest BCUT2D eigenvalue weighted by atomic mass is 9.70. The molecular formula is C84H62N2. The molecule has 2 heteroatoms. The zero-order valence-electron chi connectivity index (χ0n) is 48.8. The van der Waals surface area contributed by atoms with Crippen LogP contribution in [0.2, 0.25) is 0 Å². The van der Waals surface area contributed by atoms with E-state index in [0.29, 0.717) is 0 Å². The fourth-order valence-electron chi connectivity index (χ4n) is 14.9. The van der Waals surface area contributed by atoms with Gasteiger partial charge in [-0.05, 0) is 209 Å². The van der Waals surface area contributed by atoms with Gasteiger partial charge >= 0.3 is 0 Å². The Bertz CT molecular complexity index is 4740. The normalized spacial score (nSPS) is 13.3. The van der Waals surface area contributed by atoms with E-state index in [0.717, 1.165) is 45.3 Å². The summed E-state index contributed by atoms with van der Waals surface area (Å²) in [5.41, 5.74) is 33.4. The molecule has 0 atom stereocenters. The predicted octanol–water partition coefficient (Wildman–Crippen LogP) is 22.6. The first kappa shape index (κ1) is 51.1. The number of benzene rings is 13. The number of hydrogen-bond acceptors (Lipinski definition) is 2. The predicted molar refractivity (Wildman–Crippen MR) is 361 cm³/mol. The lowest BCUT2D eigenvalue weighted by Gasteiger charge is -2.32. The fourth-order valence-corrected chi connectivity index (χ4v) is 14.9. The molecule has 0 radical (unpaired) electrons. The van der Waals surface area contributed by atoms with Gasteiger partial charge in [0.1, 0.15) is 0 Å². The van der Waals surface area contributed by atoms with Gasteiger partial charge in [-0.15, -0.1) is 0 Å². The van der Waals surface area contributed by atoms with Gasteiger partial charge < -0.3 is 9.80 Å². The summed E-state index contributed by atoms with van der Waals surface area (Å²) in [5, 5.41) is 0. The highest BCUT2D eigenvalue weighted by Gasteiger charge is 2.51. The van der Waals surface area contributed by atoms with E-state index in [2.05, 4.69) is 341 Å². The Kier molecular flexibility index (Phi) is 11.9. The number of nitrogens with zero attached hydrogens (tertiary/aromatic N) is 2. The highest BCUT2D eigenvalue weighted by atomic mass is 15.2.